The van der Waals surface area contributed by atoms with Crippen molar-refractivity contribution in [1.82, 2.24) is 25.5 Å². The predicted molar refractivity (Wildman–Crippen MR) is 157 cm³/mol. The molecule has 2 heterocycles. The van der Waals surface area contributed by atoms with Crippen molar-refractivity contribution in [2.24, 2.45) is 17.8 Å². The minimum absolute atomic E-state index is 0.0236. The van der Waals surface area contributed by atoms with Crippen LogP contribution in [0, 0.1) is 17.8 Å². The van der Waals surface area contributed by atoms with Crippen LogP contribution < -0.4 is 26.8 Å². The maximum atomic E-state index is 13.2. The maximum absolute atomic E-state index is 13.2. The Morgan fingerprint density at radius 3 is 2.69 bits per heavy atom. The second-order valence-corrected chi connectivity index (χ2v) is 12.4. The molecular weight excluding hydrogens is 584 g/mol. The summed E-state index contributed by atoms with van der Waals surface area (Å²) < 4.78 is 1.34. The van der Waals surface area contributed by atoms with Gasteiger partial charge < -0.3 is 25.8 Å². The van der Waals surface area contributed by atoms with E-state index in [2.05, 4.69) is 33.2 Å². The highest BCUT2D eigenvalue weighted by atomic mass is 35.5. The number of carbonyl (C=O) groups is 5. The zero-order valence-corrected chi connectivity index (χ0v) is 25.1. The topological polar surface area (TPSA) is 168 Å². The van der Waals surface area contributed by atoms with Crippen LogP contribution in [-0.4, -0.2) is 58.1 Å². The average Bonchev–Trinajstić information content (AvgIpc) is 3.41. The molecule has 0 radical (unpaired) electrons. The summed E-state index contributed by atoms with van der Waals surface area (Å²) in [5, 5.41) is 11.8. The fourth-order valence-corrected chi connectivity index (χ4v) is 6.76. The fourth-order valence-electron chi connectivity index (χ4n) is 6.02. The Morgan fingerprint density at radius 1 is 1.19 bits per heavy atom. The number of nitrogens with zero attached hydrogens (tertiary/aromatic N) is 2. The highest BCUT2D eigenvalue weighted by Gasteiger charge is 2.38. The first-order valence-corrected chi connectivity index (χ1v) is 15.3. The van der Waals surface area contributed by atoms with Crippen LogP contribution in [0.1, 0.15) is 62.4 Å². The van der Waals surface area contributed by atoms with E-state index >= 15 is 0 Å². The van der Waals surface area contributed by atoms with Crippen LogP contribution in [-0.2, 0) is 25.7 Å². The summed E-state index contributed by atoms with van der Waals surface area (Å²) in [6.07, 6.45) is 6.64. The molecule has 2 saturated carbocycles. The quantitative estimate of drug-likeness (QED) is 0.280. The zero-order valence-electron chi connectivity index (χ0n) is 23.5. The number of nitrogens with one attached hydrogen (secondary N) is 4. The molecule has 4 N–H and O–H groups in total. The van der Waals surface area contributed by atoms with Crippen LogP contribution in [0.5, 0.6) is 0 Å². The summed E-state index contributed by atoms with van der Waals surface area (Å²) in [6.45, 7) is 1.95. The highest BCUT2D eigenvalue weighted by Crippen LogP contribution is 2.42. The number of pyridine rings is 1. The molecule has 2 aliphatic carbocycles. The number of Topliss-reactive ketones (excluding diaryl/α,β-unsaturated/α-hetero) is 1. The molecule has 4 amide bonds. The molecule has 4 rings (SSSR count). The number of likely N-dealkylation sites (N-methyl/N-ethyl adjacent to an activating group) is 1. The summed E-state index contributed by atoms with van der Waals surface area (Å²) in [4.78, 5) is 79.6. The molecule has 2 aromatic heterocycles. The molecule has 14 heteroatoms. The van der Waals surface area contributed by atoms with Crippen LogP contribution in [0.3, 0.4) is 0 Å². The van der Waals surface area contributed by atoms with Crippen LogP contribution in [0.2, 0.25) is 4.47 Å². The molecule has 2 aliphatic rings. The molecular formula is C28H35ClN6O6S. The maximum Gasteiger partial charge on any atom is 0.287 e. The van der Waals surface area contributed by atoms with Gasteiger partial charge in [-0.2, -0.15) is 0 Å². The van der Waals surface area contributed by atoms with Gasteiger partial charge in [-0.1, -0.05) is 31.4 Å². The summed E-state index contributed by atoms with van der Waals surface area (Å²) in [5.41, 5.74) is -0.734. The van der Waals surface area contributed by atoms with Crippen molar-refractivity contribution < 1.29 is 24.0 Å². The third kappa shape index (κ3) is 7.82. The molecule has 12 nitrogen and oxygen atoms in total. The lowest BCUT2D eigenvalue weighted by Crippen LogP contribution is -2.50. The van der Waals surface area contributed by atoms with Gasteiger partial charge in [-0.05, 0) is 55.6 Å². The number of thiazole rings is 1. The van der Waals surface area contributed by atoms with Crippen molar-refractivity contribution in [2.75, 3.05) is 12.4 Å². The second kappa shape index (κ2) is 14.1. The van der Waals surface area contributed by atoms with E-state index < -0.39 is 35.1 Å². The van der Waals surface area contributed by atoms with E-state index in [0.717, 1.165) is 36.5 Å². The molecule has 5 atom stereocenters. The van der Waals surface area contributed by atoms with Crippen molar-refractivity contribution in [3.63, 3.8) is 0 Å². The Kier molecular flexibility index (Phi) is 10.5. The molecule has 0 saturated heterocycles. The summed E-state index contributed by atoms with van der Waals surface area (Å²) in [5.74, 6) is -1.84. The number of hydrogen-bond donors (Lipinski definition) is 4. The predicted octanol–water partition coefficient (Wildman–Crippen LogP) is 2.12. The SMILES string of the molecule is CNC(=O)C(=O)CCC(NC(=O)c1csc(Cl)n1)C(=O)Nc1cccn(CC(=O)NC2C(C)CC3CCCC2C3)c1=O. The molecule has 226 valence electrons. The number of carbonyl (C=O) groups excluding carboxylic acids is 5. The van der Waals surface area contributed by atoms with Crippen molar-refractivity contribution in [3.05, 3.63) is 44.2 Å². The van der Waals surface area contributed by atoms with Gasteiger partial charge in [-0.15, -0.1) is 11.3 Å². The molecule has 5 unspecified atom stereocenters. The minimum Gasteiger partial charge on any atom is -0.353 e. The fraction of sp³-hybridized carbons (Fsp3) is 0.536. The molecule has 2 bridgehead atoms. The summed E-state index contributed by atoms with van der Waals surface area (Å²) in [7, 11) is 1.31. The average molecular weight is 619 g/mol. The van der Waals surface area contributed by atoms with Crippen molar-refractivity contribution in [1.29, 1.82) is 0 Å². The van der Waals surface area contributed by atoms with E-state index in [9.17, 15) is 28.8 Å². The second-order valence-electron chi connectivity index (χ2n) is 11.0. The number of halogens is 1. The summed E-state index contributed by atoms with van der Waals surface area (Å²) in [6, 6.07) is 1.70. The molecule has 2 aromatic rings. The van der Waals surface area contributed by atoms with Gasteiger partial charge in [0.1, 0.15) is 24.0 Å². The third-order valence-electron chi connectivity index (χ3n) is 8.04. The van der Waals surface area contributed by atoms with E-state index in [1.807, 2.05) is 0 Å². The summed E-state index contributed by atoms with van der Waals surface area (Å²) >= 11 is 6.84. The monoisotopic (exact) mass is 618 g/mol. The van der Waals surface area contributed by atoms with Gasteiger partial charge in [0.25, 0.3) is 17.4 Å². The van der Waals surface area contributed by atoms with E-state index in [-0.39, 0.29) is 47.2 Å². The van der Waals surface area contributed by atoms with Gasteiger partial charge >= 0.3 is 0 Å². The number of hydrogen-bond acceptors (Lipinski definition) is 8. The largest absolute Gasteiger partial charge is 0.353 e. The number of rotatable bonds is 11. The van der Waals surface area contributed by atoms with Crippen LogP contribution in [0.15, 0.2) is 28.5 Å². The van der Waals surface area contributed by atoms with Gasteiger partial charge in [0, 0.05) is 31.1 Å². The number of aromatic nitrogens is 2. The standard InChI is InChI=1S/C28H35ClN6O6S/c1-15-11-16-5-3-6-17(12-16)23(15)34-22(37)13-35-10-4-7-19(27(35)41)32-24(38)18(8-9-21(36)26(40)30-2)31-25(39)20-14-42-28(29)33-20/h4,7,10,14-18,23H,3,5-6,8-9,11-13H2,1-2H3,(H,30,40)(H,31,39)(H,32,38)(H,34,37). The first kappa shape index (κ1) is 31.4. The van der Waals surface area contributed by atoms with E-state index in [4.69, 9.17) is 11.6 Å². The van der Waals surface area contributed by atoms with E-state index in [1.54, 1.807) is 0 Å². The lowest BCUT2D eigenvalue weighted by molar-refractivity contribution is -0.137. The van der Waals surface area contributed by atoms with Crippen molar-refractivity contribution >= 4 is 58.0 Å². The van der Waals surface area contributed by atoms with E-state index in [0.29, 0.717) is 11.8 Å². The Morgan fingerprint density at radius 2 is 1.98 bits per heavy atom. The smallest absolute Gasteiger partial charge is 0.287 e. The lowest BCUT2D eigenvalue weighted by Gasteiger charge is -2.44. The Bertz CT molecular complexity index is 1410. The molecule has 0 spiro atoms. The van der Waals surface area contributed by atoms with Crippen molar-refractivity contribution in [3.8, 4) is 0 Å². The van der Waals surface area contributed by atoms with E-state index in [1.165, 1.54) is 48.2 Å². The van der Waals surface area contributed by atoms with Crippen LogP contribution in [0.4, 0.5) is 5.69 Å². The van der Waals surface area contributed by atoms with Gasteiger partial charge in [0.05, 0.1) is 0 Å². The molecule has 0 aliphatic heterocycles. The number of amides is 4. The molecule has 2 fully saturated rings. The Balaban J connectivity index is 1.43. The first-order valence-electron chi connectivity index (χ1n) is 14.0. The van der Waals surface area contributed by atoms with Gasteiger partial charge in [-0.25, -0.2) is 4.98 Å². The third-order valence-corrected chi connectivity index (χ3v) is 9.02. The lowest BCUT2D eigenvalue weighted by atomic mass is 9.65. The van der Waals surface area contributed by atoms with Gasteiger partial charge in [0.2, 0.25) is 17.6 Å². The van der Waals surface area contributed by atoms with Gasteiger partial charge in [0.15, 0.2) is 4.47 Å². The highest BCUT2D eigenvalue weighted by molar-refractivity contribution is 7.14. The molecule has 42 heavy (non-hydrogen) atoms. The van der Waals surface area contributed by atoms with Crippen LogP contribution >= 0.6 is 22.9 Å². The minimum atomic E-state index is -1.28. The van der Waals surface area contributed by atoms with Crippen molar-refractivity contribution in [2.45, 2.75) is 70.5 Å². The number of fused-ring (bicyclic) bond motifs is 2. The Hall–Kier alpha value is -3.58. The van der Waals surface area contributed by atoms with Gasteiger partial charge in [-0.3, -0.25) is 28.8 Å². The molecule has 0 aromatic carbocycles. The first-order chi connectivity index (χ1) is 20.0. The number of anilines is 1. The zero-order chi connectivity index (χ0) is 30.4. The van der Waals surface area contributed by atoms with Crippen LogP contribution in [0.25, 0.3) is 0 Å². The number of ketones is 1. The normalized spacial score (nSPS) is 22.0. The Labute approximate surface area is 252 Å².